The lowest BCUT2D eigenvalue weighted by molar-refractivity contribution is -0.384. The van der Waals surface area contributed by atoms with E-state index < -0.39 is 34.7 Å². The molecule has 0 saturated carbocycles. The van der Waals surface area contributed by atoms with Crippen LogP contribution in [0.5, 0.6) is 0 Å². The fourth-order valence-corrected chi connectivity index (χ4v) is 4.26. The summed E-state index contributed by atoms with van der Waals surface area (Å²) in [5.74, 6) is -4.05. The number of esters is 2. The summed E-state index contributed by atoms with van der Waals surface area (Å²) in [7, 11) is 1.23. The van der Waals surface area contributed by atoms with E-state index in [1.807, 2.05) is 0 Å². The van der Waals surface area contributed by atoms with Crippen LogP contribution < -0.4 is 0 Å². The summed E-state index contributed by atoms with van der Waals surface area (Å²) >= 11 is 0. The second-order valence-corrected chi connectivity index (χ2v) is 8.36. The van der Waals surface area contributed by atoms with E-state index in [2.05, 4.69) is 4.99 Å². The molecular formula is C26H26N2O8. The molecule has 10 nitrogen and oxygen atoms in total. The van der Waals surface area contributed by atoms with Gasteiger partial charge in [-0.3, -0.25) is 24.7 Å². The molecule has 1 aliphatic rings. The number of rotatable bonds is 9. The van der Waals surface area contributed by atoms with Gasteiger partial charge in [0.25, 0.3) is 5.69 Å². The molecule has 1 N–H and O–H groups in total. The Balaban J connectivity index is 1.86. The fourth-order valence-electron chi connectivity index (χ4n) is 4.26. The summed E-state index contributed by atoms with van der Waals surface area (Å²) in [4.78, 5) is 52.0. The third-order valence-electron chi connectivity index (χ3n) is 5.95. The van der Waals surface area contributed by atoms with Gasteiger partial charge in [-0.15, -0.1) is 0 Å². The average Bonchev–Trinajstić information content (AvgIpc) is 2.83. The Kier molecular flexibility index (Phi) is 8.31. The van der Waals surface area contributed by atoms with E-state index in [0.717, 1.165) is 5.56 Å². The van der Waals surface area contributed by atoms with Gasteiger partial charge in [0.2, 0.25) is 0 Å². The first-order chi connectivity index (χ1) is 17.1. The number of nitrogens with zero attached hydrogens (tertiary/aromatic N) is 2. The molecule has 0 aliphatic carbocycles. The molecule has 2 aromatic carbocycles. The Morgan fingerprint density at radius 1 is 1.08 bits per heavy atom. The predicted octanol–water partition coefficient (Wildman–Crippen LogP) is 3.63. The topological polar surface area (TPSA) is 145 Å². The number of hydrogen-bond donors (Lipinski definition) is 1. The molecule has 1 aliphatic heterocycles. The van der Waals surface area contributed by atoms with Gasteiger partial charge in [0.1, 0.15) is 5.92 Å². The monoisotopic (exact) mass is 494 g/mol. The number of aliphatic carboxylic acids is 1. The quantitative estimate of drug-likeness (QED) is 0.316. The number of nitro groups is 1. The van der Waals surface area contributed by atoms with Gasteiger partial charge in [-0.1, -0.05) is 36.4 Å². The molecule has 2 unspecified atom stereocenters. The van der Waals surface area contributed by atoms with Crippen LogP contribution in [-0.4, -0.2) is 47.4 Å². The summed E-state index contributed by atoms with van der Waals surface area (Å²) in [6.07, 6.45) is 0.304. The highest BCUT2D eigenvalue weighted by Gasteiger charge is 2.42. The molecule has 10 heteroatoms. The summed E-state index contributed by atoms with van der Waals surface area (Å²) in [5, 5.41) is 20.2. The maximum Gasteiger partial charge on any atom is 0.336 e. The van der Waals surface area contributed by atoms with Crippen molar-refractivity contribution in [3.63, 3.8) is 0 Å². The maximum atomic E-state index is 13.2. The smallest absolute Gasteiger partial charge is 0.336 e. The van der Waals surface area contributed by atoms with Crippen molar-refractivity contribution in [3.8, 4) is 0 Å². The number of hydrogen-bond acceptors (Lipinski definition) is 8. The fraction of sp³-hybridized carbons (Fsp3) is 0.308. The van der Waals surface area contributed by atoms with Crippen LogP contribution in [0.2, 0.25) is 0 Å². The highest BCUT2D eigenvalue weighted by atomic mass is 16.6. The lowest BCUT2D eigenvalue weighted by atomic mass is 9.75. The molecule has 3 rings (SSSR count). The largest absolute Gasteiger partial charge is 0.481 e. The number of carboxylic acid groups (broad SMARTS) is 1. The Labute approximate surface area is 207 Å². The number of non-ortho nitro benzene ring substituents is 1. The number of methoxy groups -OCH3 is 1. The van der Waals surface area contributed by atoms with Crippen LogP contribution in [0.1, 0.15) is 36.5 Å². The van der Waals surface area contributed by atoms with Gasteiger partial charge in [0.05, 0.1) is 30.6 Å². The number of carbonyl (C=O) groups is 3. The van der Waals surface area contributed by atoms with Crippen LogP contribution in [0, 0.1) is 16.0 Å². The molecule has 0 aromatic heterocycles. The third-order valence-corrected chi connectivity index (χ3v) is 5.95. The minimum atomic E-state index is -0.954. The van der Waals surface area contributed by atoms with Crippen LogP contribution in [0.25, 0.3) is 0 Å². The Hall–Kier alpha value is -4.34. The van der Waals surface area contributed by atoms with Crippen molar-refractivity contribution >= 4 is 29.3 Å². The lowest BCUT2D eigenvalue weighted by Crippen LogP contribution is -2.36. The third kappa shape index (κ3) is 6.01. The van der Waals surface area contributed by atoms with Crippen molar-refractivity contribution in [1.82, 2.24) is 0 Å². The van der Waals surface area contributed by atoms with Gasteiger partial charge in [0, 0.05) is 35.9 Å². The molecule has 36 heavy (non-hydrogen) atoms. The van der Waals surface area contributed by atoms with Crippen LogP contribution >= 0.6 is 0 Å². The van der Waals surface area contributed by atoms with Crippen molar-refractivity contribution in [2.24, 2.45) is 10.9 Å². The molecule has 1 heterocycles. The number of carboxylic acids is 1. The number of nitro benzene ring substituents is 1. The standard InChI is InChI=1S/C26H26N2O8/c1-15-22(25(31)35-3)24(19-5-4-6-20(14-19)28(33)34)23(16(2)27-15)26(32)36-12-11-17-7-9-18(10-8-17)13-21(29)30/h4-10,14,22,24H,11-13H2,1-3H3,(H,29,30). The van der Waals surface area contributed by atoms with Crippen LogP contribution in [0.15, 0.2) is 64.8 Å². The molecule has 0 amide bonds. The maximum absolute atomic E-state index is 13.2. The second-order valence-electron chi connectivity index (χ2n) is 8.36. The van der Waals surface area contributed by atoms with Crippen LogP contribution in [-0.2, 0) is 36.7 Å². The highest BCUT2D eigenvalue weighted by Crippen LogP contribution is 2.40. The lowest BCUT2D eigenvalue weighted by Gasteiger charge is -2.31. The van der Waals surface area contributed by atoms with E-state index >= 15 is 0 Å². The normalized spacial score (nSPS) is 17.2. The number of allylic oxidation sites excluding steroid dienone is 1. The van der Waals surface area contributed by atoms with E-state index in [-0.39, 0.29) is 24.3 Å². The molecule has 0 saturated heterocycles. The zero-order chi connectivity index (χ0) is 26.4. The van der Waals surface area contributed by atoms with Crippen molar-refractivity contribution in [2.45, 2.75) is 32.6 Å². The predicted molar refractivity (Wildman–Crippen MR) is 130 cm³/mol. The molecule has 0 bridgehead atoms. The van der Waals surface area contributed by atoms with Crippen LogP contribution in [0.3, 0.4) is 0 Å². The van der Waals surface area contributed by atoms with Gasteiger partial charge in [-0.05, 0) is 30.5 Å². The second kappa shape index (κ2) is 11.4. The Morgan fingerprint density at radius 3 is 2.36 bits per heavy atom. The molecule has 188 valence electrons. The van der Waals surface area contributed by atoms with Gasteiger partial charge >= 0.3 is 17.9 Å². The summed E-state index contributed by atoms with van der Waals surface area (Å²) < 4.78 is 10.5. The first kappa shape index (κ1) is 26.3. The highest BCUT2D eigenvalue weighted by molar-refractivity contribution is 6.07. The minimum Gasteiger partial charge on any atom is -0.481 e. The van der Waals surface area contributed by atoms with Gasteiger partial charge in [0.15, 0.2) is 0 Å². The van der Waals surface area contributed by atoms with Crippen molar-refractivity contribution < 1.29 is 33.9 Å². The number of ether oxygens (including phenoxy) is 2. The van der Waals surface area contributed by atoms with E-state index in [0.29, 0.717) is 29.0 Å². The Bertz CT molecular complexity index is 1250. The number of carbonyl (C=O) groups excluding carboxylic acids is 2. The average molecular weight is 495 g/mol. The van der Waals surface area contributed by atoms with E-state index in [4.69, 9.17) is 14.6 Å². The van der Waals surface area contributed by atoms with Crippen molar-refractivity contribution in [2.75, 3.05) is 13.7 Å². The summed E-state index contributed by atoms with van der Waals surface area (Å²) in [5.41, 5.74) is 2.65. The van der Waals surface area contributed by atoms with Gasteiger partial charge < -0.3 is 14.6 Å². The van der Waals surface area contributed by atoms with Crippen molar-refractivity contribution in [3.05, 3.63) is 86.6 Å². The van der Waals surface area contributed by atoms with Crippen LogP contribution in [0.4, 0.5) is 5.69 Å². The molecule has 0 spiro atoms. The van der Waals surface area contributed by atoms with Gasteiger partial charge in [-0.25, -0.2) is 4.79 Å². The zero-order valence-corrected chi connectivity index (χ0v) is 20.1. The number of benzene rings is 2. The number of aliphatic imine (C=N–C) groups is 1. The first-order valence-corrected chi connectivity index (χ1v) is 11.2. The van der Waals surface area contributed by atoms with E-state index in [1.165, 1.54) is 25.3 Å². The summed E-state index contributed by atoms with van der Waals surface area (Å²) in [6.45, 7) is 3.30. The zero-order valence-electron chi connectivity index (χ0n) is 20.1. The molecule has 2 atom stereocenters. The van der Waals surface area contributed by atoms with E-state index in [9.17, 15) is 24.5 Å². The van der Waals surface area contributed by atoms with E-state index in [1.54, 1.807) is 44.2 Å². The Morgan fingerprint density at radius 2 is 1.75 bits per heavy atom. The minimum absolute atomic E-state index is 0.0289. The molecule has 0 fully saturated rings. The molecule has 0 radical (unpaired) electrons. The first-order valence-electron chi connectivity index (χ1n) is 11.2. The molecular weight excluding hydrogens is 468 g/mol. The SMILES string of the molecule is COC(=O)C1C(C)=NC(C)=C(C(=O)OCCc2ccc(CC(=O)O)cc2)C1c1cccc([N+](=O)[O-])c1. The van der Waals surface area contributed by atoms with Crippen molar-refractivity contribution in [1.29, 1.82) is 0 Å². The van der Waals surface area contributed by atoms with Gasteiger partial charge in [-0.2, -0.15) is 0 Å². The molecule has 2 aromatic rings. The summed E-state index contributed by atoms with van der Waals surface area (Å²) in [6, 6.07) is 12.7.